The summed E-state index contributed by atoms with van der Waals surface area (Å²) in [6.07, 6.45) is 0. The predicted octanol–water partition coefficient (Wildman–Crippen LogP) is 5.34. The Bertz CT molecular complexity index is 729. The maximum atomic E-state index is 5.93. The average Bonchev–Trinajstić information content (AvgIpc) is 2.53. The Labute approximate surface area is 130 Å². The molecule has 0 aliphatic heterocycles. The number of halogens is 1. The van der Waals surface area contributed by atoms with Crippen LogP contribution in [0.1, 0.15) is 24.1 Å². The lowest BCUT2D eigenvalue weighted by Crippen LogP contribution is -2.18. The number of rotatable bonds is 4. The Hall–Kier alpha value is -1.83. The van der Waals surface area contributed by atoms with Crippen LogP contribution < -0.4 is 5.32 Å². The van der Waals surface area contributed by atoms with E-state index in [2.05, 4.69) is 66.8 Å². The van der Waals surface area contributed by atoms with Crippen molar-refractivity contribution in [2.75, 3.05) is 0 Å². The van der Waals surface area contributed by atoms with Gasteiger partial charge in [0.25, 0.3) is 0 Å². The molecule has 3 aromatic carbocycles. The number of hydrogen-bond acceptors (Lipinski definition) is 1. The van der Waals surface area contributed by atoms with Gasteiger partial charge in [-0.15, -0.1) is 0 Å². The Morgan fingerprint density at radius 2 is 1.62 bits per heavy atom. The summed E-state index contributed by atoms with van der Waals surface area (Å²) in [5.74, 6) is 0. The summed E-state index contributed by atoms with van der Waals surface area (Å²) < 4.78 is 0. The highest BCUT2D eigenvalue weighted by Crippen LogP contribution is 2.20. The van der Waals surface area contributed by atoms with Crippen molar-refractivity contribution in [1.82, 2.24) is 5.32 Å². The quantitative estimate of drug-likeness (QED) is 0.684. The van der Waals surface area contributed by atoms with Gasteiger partial charge >= 0.3 is 0 Å². The number of fused-ring (bicyclic) bond motifs is 1. The van der Waals surface area contributed by atoms with Crippen molar-refractivity contribution in [3.05, 3.63) is 82.9 Å². The summed E-state index contributed by atoms with van der Waals surface area (Å²) in [7, 11) is 0. The molecule has 0 radical (unpaired) electrons. The Kier molecular flexibility index (Phi) is 4.23. The van der Waals surface area contributed by atoms with Crippen molar-refractivity contribution >= 4 is 22.4 Å². The van der Waals surface area contributed by atoms with Crippen LogP contribution in [0, 0.1) is 0 Å². The van der Waals surface area contributed by atoms with Crippen molar-refractivity contribution in [2.45, 2.75) is 19.5 Å². The van der Waals surface area contributed by atoms with Gasteiger partial charge in [-0.1, -0.05) is 66.2 Å². The first kappa shape index (κ1) is 14.1. The molecule has 0 unspecified atom stereocenters. The fraction of sp³-hybridized carbons (Fsp3) is 0.158. The molecular formula is C19H18ClN. The minimum Gasteiger partial charge on any atom is -0.306 e. The van der Waals surface area contributed by atoms with Crippen LogP contribution in [0.3, 0.4) is 0 Å². The molecule has 0 fully saturated rings. The highest BCUT2D eigenvalue weighted by atomic mass is 35.5. The lowest BCUT2D eigenvalue weighted by molar-refractivity contribution is 0.576. The molecular weight excluding hydrogens is 278 g/mol. The first-order valence-corrected chi connectivity index (χ1v) is 7.57. The molecule has 1 N–H and O–H groups in total. The lowest BCUT2D eigenvalue weighted by Gasteiger charge is -2.15. The standard InChI is InChI=1S/C19H18ClN/c1-14(15-9-11-18(20)12-10-15)21-13-17-7-4-6-16-5-2-3-8-19(16)17/h2-12,14,21H,13H2,1H3/t14-/m1/s1. The van der Waals surface area contributed by atoms with Gasteiger partial charge < -0.3 is 5.32 Å². The molecule has 106 valence electrons. The van der Waals surface area contributed by atoms with Gasteiger partial charge in [0.15, 0.2) is 0 Å². The summed E-state index contributed by atoms with van der Waals surface area (Å²) in [4.78, 5) is 0. The highest BCUT2D eigenvalue weighted by Gasteiger charge is 2.06. The summed E-state index contributed by atoms with van der Waals surface area (Å²) in [6, 6.07) is 23.3. The number of benzene rings is 3. The van der Waals surface area contributed by atoms with Gasteiger partial charge in [0.1, 0.15) is 0 Å². The maximum absolute atomic E-state index is 5.93. The molecule has 0 aliphatic carbocycles. The molecule has 0 amide bonds. The third-order valence-corrected chi connectivity index (χ3v) is 4.10. The van der Waals surface area contributed by atoms with E-state index in [1.165, 1.54) is 21.9 Å². The van der Waals surface area contributed by atoms with E-state index in [0.29, 0.717) is 6.04 Å². The van der Waals surface area contributed by atoms with Crippen LogP contribution in [0.4, 0.5) is 0 Å². The summed E-state index contributed by atoms with van der Waals surface area (Å²) in [6.45, 7) is 3.03. The molecule has 0 spiro atoms. The zero-order chi connectivity index (χ0) is 14.7. The normalized spacial score (nSPS) is 12.5. The number of nitrogens with one attached hydrogen (secondary N) is 1. The Balaban J connectivity index is 1.76. The van der Waals surface area contributed by atoms with E-state index in [1.807, 2.05) is 12.1 Å². The zero-order valence-electron chi connectivity index (χ0n) is 12.0. The summed E-state index contributed by atoms with van der Waals surface area (Å²) in [5.41, 5.74) is 2.58. The van der Waals surface area contributed by atoms with Crippen molar-refractivity contribution in [2.24, 2.45) is 0 Å². The van der Waals surface area contributed by atoms with Gasteiger partial charge in [-0.3, -0.25) is 0 Å². The third kappa shape index (κ3) is 3.26. The van der Waals surface area contributed by atoms with Crippen LogP contribution in [-0.2, 0) is 6.54 Å². The minimum atomic E-state index is 0.293. The SMILES string of the molecule is C[C@@H](NCc1cccc2ccccc12)c1ccc(Cl)cc1. The van der Waals surface area contributed by atoms with Gasteiger partial charge in [0.2, 0.25) is 0 Å². The Morgan fingerprint density at radius 1 is 0.905 bits per heavy atom. The summed E-state index contributed by atoms with van der Waals surface area (Å²) >= 11 is 5.93. The number of hydrogen-bond donors (Lipinski definition) is 1. The van der Waals surface area contributed by atoms with E-state index < -0.39 is 0 Å². The molecule has 0 heterocycles. The van der Waals surface area contributed by atoms with E-state index in [-0.39, 0.29) is 0 Å². The second-order valence-electron chi connectivity index (χ2n) is 5.29. The lowest BCUT2D eigenvalue weighted by atomic mass is 10.0. The predicted molar refractivity (Wildman–Crippen MR) is 90.7 cm³/mol. The monoisotopic (exact) mass is 295 g/mol. The van der Waals surface area contributed by atoms with Gasteiger partial charge in [-0.05, 0) is 41.0 Å². The van der Waals surface area contributed by atoms with E-state index >= 15 is 0 Å². The van der Waals surface area contributed by atoms with Crippen LogP contribution in [0.25, 0.3) is 10.8 Å². The van der Waals surface area contributed by atoms with E-state index in [0.717, 1.165) is 11.6 Å². The molecule has 1 nitrogen and oxygen atoms in total. The largest absolute Gasteiger partial charge is 0.306 e. The van der Waals surface area contributed by atoms with Crippen LogP contribution in [-0.4, -0.2) is 0 Å². The van der Waals surface area contributed by atoms with Gasteiger partial charge in [0, 0.05) is 17.6 Å². The van der Waals surface area contributed by atoms with Gasteiger partial charge in [-0.2, -0.15) is 0 Å². The van der Waals surface area contributed by atoms with Crippen LogP contribution >= 0.6 is 11.6 Å². The molecule has 3 rings (SSSR count). The molecule has 21 heavy (non-hydrogen) atoms. The molecule has 1 atom stereocenters. The van der Waals surface area contributed by atoms with Crippen LogP contribution in [0.2, 0.25) is 5.02 Å². The second-order valence-corrected chi connectivity index (χ2v) is 5.73. The second kappa shape index (κ2) is 6.30. The Morgan fingerprint density at radius 3 is 2.43 bits per heavy atom. The topological polar surface area (TPSA) is 12.0 Å². The third-order valence-electron chi connectivity index (χ3n) is 3.85. The summed E-state index contributed by atoms with van der Waals surface area (Å²) in [5, 5.41) is 6.96. The molecule has 0 saturated heterocycles. The van der Waals surface area contributed by atoms with Crippen molar-refractivity contribution in [3.63, 3.8) is 0 Å². The first-order valence-electron chi connectivity index (χ1n) is 7.19. The maximum Gasteiger partial charge on any atom is 0.0406 e. The molecule has 3 aromatic rings. The van der Waals surface area contributed by atoms with Crippen LogP contribution in [0.5, 0.6) is 0 Å². The molecule has 0 saturated carbocycles. The molecule has 0 aromatic heterocycles. The fourth-order valence-electron chi connectivity index (χ4n) is 2.58. The first-order chi connectivity index (χ1) is 10.2. The van der Waals surface area contributed by atoms with Crippen molar-refractivity contribution in [3.8, 4) is 0 Å². The van der Waals surface area contributed by atoms with Gasteiger partial charge in [0.05, 0.1) is 0 Å². The molecule has 0 aliphatic rings. The van der Waals surface area contributed by atoms with Crippen molar-refractivity contribution in [1.29, 1.82) is 0 Å². The highest BCUT2D eigenvalue weighted by molar-refractivity contribution is 6.30. The molecule has 0 bridgehead atoms. The molecule has 2 heteroatoms. The minimum absolute atomic E-state index is 0.293. The van der Waals surface area contributed by atoms with Crippen molar-refractivity contribution < 1.29 is 0 Å². The zero-order valence-corrected chi connectivity index (χ0v) is 12.8. The van der Waals surface area contributed by atoms with E-state index in [4.69, 9.17) is 11.6 Å². The van der Waals surface area contributed by atoms with E-state index in [1.54, 1.807) is 0 Å². The smallest absolute Gasteiger partial charge is 0.0406 e. The van der Waals surface area contributed by atoms with Crippen LogP contribution in [0.15, 0.2) is 66.7 Å². The van der Waals surface area contributed by atoms with E-state index in [9.17, 15) is 0 Å². The van der Waals surface area contributed by atoms with Gasteiger partial charge in [-0.25, -0.2) is 0 Å². The average molecular weight is 296 g/mol. The fourth-order valence-corrected chi connectivity index (χ4v) is 2.70.